The number of carbonyl (C=O) groups is 6. The van der Waals surface area contributed by atoms with Crippen molar-refractivity contribution in [3.63, 3.8) is 0 Å². The van der Waals surface area contributed by atoms with Crippen LogP contribution in [0.25, 0.3) is 0 Å². The van der Waals surface area contributed by atoms with Crippen molar-refractivity contribution >= 4 is 45.5 Å². The second-order valence-corrected chi connectivity index (χ2v) is 12.9. The maximum atomic E-state index is 13.1. The Kier molecular flexibility index (Phi) is 12.0. The monoisotopic (exact) mass is 636 g/mol. The van der Waals surface area contributed by atoms with E-state index in [-0.39, 0.29) is 68.1 Å². The van der Waals surface area contributed by atoms with E-state index >= 15 is 0 Å². The minimum atomic E-state index is -3.76. The predicted molar refractivity (Wildman–Crippen MR) is 156 cm³/mol. The Balaban J connectivity index is 1.61. The molecule has 0 bridgehead atoms. The molecule has 0 spiro atoms. The molecule has 44 heavy (non-hydrogen) atoms. The van der Waals surface area contributed by atoms with E-state index in [9.17, 15) is 37.2 Å². The Morgan fingerprint density at radius 3 is 2.14 bits per heavy atom. The molecule has 15 heteroatoms. The zero-order valence-corrected chi connectivity index (χ0v) is 26.2. The zero-order chi connectivity index (χ0) is 32.6. The number of imide groups is 1. The summed E-state index contributed by atoms with van der Waals surface area (Å²) in [6.07, 6.45) is 3.37. The van der Waals surface area contributed by atoms with Crippen molar-refractivity contribution in [1.82, 2.24) is 20.6 Å². The molecule has 2 heterocycles. The lowest BCUT2D eigenvalue weighted by Crippen LogP contribution is -2.49. The number of piperidine rings is 1. The van der Waals surface area contributed by atoms with Gasteiger partial charge in [-0.25, -0.2) is 4.79 Å². The quantitative estimate of drug-likeness (QED) is 0.169. The van der Waals surface area contributed by atoms with Crippen molar-refractivity contribution in [3.8, 4) is 5.75 Å². The van der Waals surface area contributed by atoms with Crippen LogP contribution in [0.1, 0.15) is 76.1 Å². The highest BCUT2D eigenvalue weighted by Crippen LogP contribution is 2.22. The molecule has 242 valence electrons. The minimum Gasteiger partial charge on any atom is -0.383 e. The highest BCUT2D eigenvalue weighted by atomic mass is 32.2. The van der Waals surface area contributed by atoms with E-state index in [4.69, 9.17) is 9.02 Å². The average molecular weight is 637 g/mol. The Hall–Kier alpha value is -3.85. The summed E-state index contributed by atoms with van der Waals surface area (Å²) in [6, 6.07) is 4.48. The number of benzene rings is 1. The van der Waals surface area contributed by atoms with Crippen molar-refractivity contribution in [3.05, 3.63) is 29.8 Å². The molecule has 2 fully saturated rings. The number of ketones is 1. The van der Waals surface area contributed by atoms with E-state index in [0.29, 0.717) is 5.06 Å². The summed E-state index contributed by atoms with van der Waals surface area (Å²) in [5, 5.41) is 5.57. The van der Waals surface area contributed by atoms with Gasteiger partial charge in [-0.15, -0.1) is 5.06 Å². The first-order valence-corrected chi connectivity index (χ1v) is 16.4. The third-order valence-corrected chi connectivity index (χ3v) is 8.10. The number of carbonyl (C=O) groups excluding carboxylic acids is 6. The van der Waals surface area contributed by atoms with Crippen LogP contribution in [0.4, 0.5) is 0 Å². The first-order valence-electron chi connectivity index (χ1n) is 14.6. The fraction of sp³-hybridized carbons (Fsp3) is 0.586. The van der Waals surface area contributed by atoms with Crippen LogP contribution >= 0.6 is 0 Å². The zero-order valence-electron chi connectivity index (χ0n) is 25.4. The Morgan fingerprint density at radius 1 is 0.977 bits per heavy atom. The molecule has 0 radical (unpaired) electrons. The normalized spacial score (nSPS) is 20.5. The van der Waals surface area contributed by atoms with Gasteiger partial charge in [-0.1, -0.05) is 13.3 Å². The van der Waals surface area contributed by atoms with Gasteiger partial charge >= 0.3 is 16.1 Å². The molecular weight excluding hydrogens is 596 g/mol. The van der Waals surface area contributed by atoms with Gasteiger partial charge in [0, 0.05) is 49.4 Å². The number of hydroxylamine groups is 2. The predicted octanol–water partition coefficient (Wildman–Crippen LogP) is 1.10. The van der Waals surface area contributed by atoms with E-state index in [1.54, 1.807) is 0 Å². The highest BCUT2D eigenvalue weighted by molar-refractivity contribution is 7.86. The van der Waals surface area contributed by atoms with Gasteiger partial charge in [0.15, 0.2) is 5.78 Å². The third-order valence-electron chi connectivity index (χ3n) is 7.61. The largest absolute Gasteiger partial charge is 0.383 e. The standard InChI is InChI=1S/C29H40N4O10S/c1-18(28(38)21-8-10-22(11-9-21)43-44(4,40)41)16-23(29(39)42-33-26(36)12-13-27(33)37)31-24(34)14-15-30-25(35)17-32-19(2)6-5-7-20(32)3/h8-11,18-20,23H,5-7,12-17H2,1-4H3,(H,30,35)(H,31,34). The number of rotatable bonds is 14. The van der Waals surface area contributed by atoms with Crippen LogP contribution in [0.15, 0.2) is 24.3 Å². The first kappa shape index (κ1) is 34.6. The fourth-order valence-corrected chi connectivity index (χ4v) is 5.67. The smallest absolute Gasteiger partial charge is 0.355 e. The van der Waals surface area contributed by atoms with Crippen LogP contribution in [-0.2, 0) is 38.9 Å². The molecule has 0 aromatic heterocycles. The second-order valence-electron chi connectivity index (χ2n) is 11.3. The number of Topliss-reactive ketones (excluding diaryl/α,β-unsaturated/α-hetero) is 1. The molecule has 0 aliphatic carbocycles. The van der Waals surface area contributed by atoms with Crippen molar-refractivity contribution in [1.29, 1.82) is 0 Å². The summed E-state index contributed by atoms with van der Waals surface area (Å²) in [6.45, 7) is 5.88. The highest BCUT2D eigenvalue weighted by Gasteiger charge is 2.36. The Bertz CT molecular complexity index is 1340. The lowest BCUT2D eigenvalue weighted by Gasteiger charge is -2.38. The molecule has 1 aromatic carbocycles. The SMILES string of the molecule is CC(CC(NC(=O)CCNC(=O)CN1C(C)CCCC1C)C(=O)ON1C(=O)CCC1=O)C(=O)c1ccc(OS(C)(=O)=O)cc1. The summed E-state index contributed by atoms with van der Waals surface area (Å²) in [7, 11) is -3.76. The van der Waals surface area contributed by atoms with Crippen molar-refractivity contribution in [2.45, 2.75) is 83.8 Å². The molecule has 4 unspecified atom stereocenters. The van der Waals surface area contributed by atoms with Crippen LogP contribution in [0.3, 0.4) is 0 Å². The Labute approximate surface area is 256 Å². The van der Waals surface area contributed by atoms with Gasteiger partial charge in [-0.3, -0.25) is 28.9 Å². The van der Waals surface area contributed by atoms with Crippen LogP contribution in [0.5, 0.6) is 5.75 Å². The van der Waals surface area contributed by atoms with Gasteiger partial charge in [0.1, 0.15) is 11.8 Å². The molecular formula is C29H40N4O10S. The maximum Gasteiger partial charge on any atom is 0.355 e. The van der Waals surface area contributed by atoms with Crippen LogP contribution in [-0.4, -0.2) is 91.2 Å². The molecule has 14 nitrogen and oxygen atoms in total. The first-order chi connectivity index (χ1) is 20.6. The van der Waals surface area contributed by atoms with Gasteiger partial charge in [0.25, 0.3) is 11.8 Å². The Morgan fingerprint density at radius 2 is 1.57 bits per heavy atom. The van der Waals surface area contributed by atoms with E-state index in [1.165, 1.54) is 31.2 Å². The number of nitrogens with zero attached hydrogens (tertiary/aromatic N) is 2. The summed E-state index contributed by atoms with van der Waals surface area (Å²) < 4.78 is 27.4. The number of hydrogen-bond acceptors (Lipinski definition) is 11. The summed E-state index contributed by atoms with van der Waals surface area (Å²) in [5.41, 5.74) is 0.196. The number of hydrogen-bond donors (Lipinski definition) is 2. The number of likely N-dealkylation sites (tertiary alicyclic amines) is 1. The van der Waals surface area contributed by atoms with Gasteiger partial charge < -0.3 is 19.7 Å². The van der Waals surface area contributed by atoms with E-state index in [0.717, 1.165) is 25.5 Å². The van der Waals surface area contributed by atoms with Crippen molar-refractivity contribution < 1.29 is 46.2 Å². The van der Waals surface area contributed by atoms with Gasteiger partial charge in [0.05, 0.1) is 12.8 Å². The summed E-state index contributed by atoms with van der Waals surface area (Å²) in [4.78, 5) is 82.5. The summed E-state index contributed by atoms with van der Waals surface area (Å²) in [5.74, 6) is -4.62. The van der Waals surface area contributed by atoms with Gasteiger partial charge in [-0.05, 0) is 57.4 Å². The average Bonchev–Trinajstić information content (AvgIpc) is 3.26. The number of amides is 4. The lowest BCUT2D eigenvalue weighted by molar-refractivity contribution is -0.199. The molecule has 0 saturated carbocycles. The summed E-state index contributed by atoms with van der Waals surface area (Å²) >= 11 is 0. The van der Waals surface area contributed by atoms with Gasteiger partial charge in [0.2, 0.25) is 11.8 Å². The second kappa shape index (κ2) is 15.2. The topological polar surface area (TPSA) is 186 Å². The third kappa shape index (κ3) is 10.1. The van der Waals surface area contributed by atoms with Crippen molar-refractivity contribution in [2.75, 3.05) is 19.3 Å². The van der Waals surface area contributed by atoms with E-state index < -0.39 is 51.6 Å². The molecule has 2 aliphatic heterocycles. The van der Waals surface area contributed by atoms with E-state index in [2.05, 4.69) is 29.4 Å². The molecule has 2 saturated heterocycles. The molecule has 3 rings (SSSR count). The fourth-order valence-electron chi connectivity index (χ4n) is 5.21. The van der Waals surface area contributed by atoms with Crippen LogP contribution in [0.2, 0.25) is 0 Å². The van der Waals surface area contributed by atoms with Crippen LogP contribution < -0.4 is 14.8 Å². The number of nitrogens with one attached hydrogen (secondary N) is 2. The minimum absolute atomic E-state index is 0.00250. The maximum absolute atomic E-state index is 13.1. The molecule has 4 amide bonds. The molecule has 1 aromatic rings. The van der Waals surface area contributed by atoms with E-state index in [1.807, 2.05) is 0 Å². The van der Waals surface area contributed by atoms with Crippen molar-refractivity contribution in [2.24, 2.45) is 5.92 Å². The molecule has 2 aliphatic rings. The molecule has 4 atom stereocenters. The molecule has 2 N–H and O–H groups in total. The van der Waals surface area contributed by atoms with Gasteiger partial charge in [-0.2, -0.15) is 8.42 Å². The lowest BCUT2D eigenvalue weighted by atomic mass is 9.93. The van der Waals surface area contributed by atoms with Crippen LogP contribution in [0, 0.1) is 5.92 Å².